The molecule has 1 heterocycles. The van der Waals surface area contributed by atoms with Crippen LogP contribution in [-0.4, -0.2) is 4.98 Å². The van der Waals surface area contributed by atoms with Crippen molar-refractivity contribution in [1.29, 1.82) is 0 Å². The Hall–Kier alpha value is -1.63. The van der Waals surface area contributed by atoms with Crippen LogP contribution in [0.1, 0.15) is 102 Å². The van der Waals surface area contributed by atoms with Crippen molar-refractivity contribution in [3.05, 3.63) is 53.7 Å². The molecule has 0 spiro atoms. The zero-order valence-electron chi connectivity index (χ0n) is 19.5. The van der Waals surface area contributed by atoms with Crippen molar-refractivity contribution in [1.82, 2.24) is 4.98 Å². The minimum atomic E-state index is 0.952. The van der Waals surface area contributed by atoms with E-state index < -0.39 is 0 Å². The molecule has 30 heavy (non-hydrogen) atoms. The summed E-state index contributed by atoms with van der Waals surface area (Å²) in [4.78, 5) is 4.74. The van der Waals surface area contributed by atoms with Crippen LogP contribution in [0, 0.1) is 11.8 Å². The molecule has 164 valence electrons. The van der Waals surface area contributed by atoms with Gasteiger partial charge in [-0.1, -0.05) is 108 Å². The number of pyridine rings is 1. The first kappa shape index (κ1) is 23.0. The van der Waals surface area contributed by atoms with Crippen LogP contribution >= 0.6 is 0 Å². The van der Waals surface area contributed by atoms with Gasteiger partial charge in [0.15, 0.2) is 0 Å². The van der Waals surface area contributed by atoms with Crippen molar-refractivity contribution in [2.75, 3.05) is 0 Å². The molecule has 0 amide bonds. The summed E-state index contributed by atoms with van der Waals surface area (Å²) in [5.41, 5.74) is 5.21. The molecule has 0 unspecified atom stereocenters. The fourth-order valence-corrected chi connectivity index (χ4v) is 4.99. The molecule has 2 aromatic rings. The maximum atomic E-state index is 4.74. The molecule has 0 bridgehead atoms. The first-order valence-corrected chi connectivity index (χ1v) is 12.8. The second-order valence-corrected chi connectivity index (χ2v) is 9.60. The molecule has 0 radical (unpaired) electrons. The van der Waals surface area contributed by atoms with Gasteiger partial charge >= 0.3 is 0 Å². The average molecular weight is 406 g/mol. The number of hydrogen-bond donors (Lipinski definition) is 0. The Morgan fingerprint density at radius 2 is 1.37 bits per heavy atom. The topological polar surface area (TPSA) is 12.9 Å². The standard InChI is InChI=1S/C29H43N/c1-3-5-6-7-8-9-10-27-19-22-29(30-23-27)28-20-17-26(18-21-28)16-15-25-13-11-24(4-2)12-14-25/h17-25H,3-16H2,1-2H3. The summed E-state index contributed by atoms with van der Waals surface area (Å²) in [6.07, 6.45) is 21.2. The Morgan fingerprint density at radius 3 is 2.03 bits per heavy atom. The first-order chi connectivity index (χ1) is 14.8. The van der Waals surface area contributed by atoms with Crippen LogP contribution in [0.5, 0.6) is 0 Å². The van der Waals surface area contributed by atoms with Crippen molar-refractivity contribution in [2.24, 2.45) is 11.8 Å². The van der Waals surface area contributed by atoms with Gasteiger partial charge in [0.2, 0.25) is 0 Å². The molecule has 1 aromatic heterocycles. The van der Waals surface area contributed by atoms with E-state index in [4.69, 9.17) is 4.98 Å². The molecular weight excluding hydrogens is 362 g/mol. The summed E-state index contributed by atoms with van der Waals surface area (Å²) < 4.78 is 0. The van der Waals surface area contributed by atoms with Gasteiger partial charge in [-0.3, -0.25) is 4.98 Å². The number of aryl methyl sites for hydroxylation is 2. The maximum Gasteiger partial charge on any atom is 0.0702 e. The van der Waals surface area contributed by atoms with Crippen LogP contribution in [0.2, 0.25) is 0 Å². The number of unbranched alkanes of at least 4 members (excludes halogenated alkanes) is 5. The monoisotopic (exact) mass is 405 g/mol. The van der Waals surface area contributed by atoms with E-state index in [1.807, 2.05) is 0 Å². The SMILES string of the molecule is CCCCCCCCc1ccc(-c2ccc(CCC3CCC(CC)CC3)cc2)nc1. The lowest BCUT2D eigenvalue weighted by molar-refractivity contribution is 0.259. The van der Waals surface area contributed by atoms with Gasteiger partial charge in [-0.15, -0.1) is 0 Å². The Labute approximate surface area is 185 Å². The van der Waals surface area contributed by atoms with E-state index in [0.29, 0.717) is 0 Å². The fraction of sp³-hybridized carbons (Fsp3) is 0.621. The van der Waals surface area contributed by atoms with Crippen LogP contribution < -0.4 is 0 Å². The lowest BCUT2D eigenvalue weighted by Gasteiger charge is -2.27. The summed E-state index contributed by atoms with van der Waals surface area (Å²) in [6.45, 7) is 4.63. The van der Waals surface area contributed by atoms with Crippen molar-refractivity contribution in [2.45, 2.75) is 104 Å². The van der Waals surface area contributed by atoms with Gasteiger partial charge < -0.3 is 0 Å². The van der Waals surface area contributed by atoms with Crippen molar-refractivity contribution >= 4 is 0 Å². The third-order valence-corrected chi connectivity index (χ3v) is 7.28. The molecule has 3 rings (SSSR count). The molecule has 1 saturated carbocycles. The Bertz CT molecular complexity index is 692. The third kappa shape index (κ3) is 7.56. The number of rotatable bonds is 12. The molecule has 1 nitrogen and oxygen atoms in total. The van der Waals surface area contributed by atoms with Gasteiger partial charge in [0.25, 0.3) is 0 Å². The second kappa shape index (κ2) is 12.9. The minimum Gasteiger partial charge on any atom is -0.256 e. The third-order valence-electron chi connectivity index (χ3n) is 7.28. The van der Waals surface area contributed by atoms with Gasteiger partial charge in [0.05, 0.1) is 5.69 Å². The quantitative estimate of drug-likeness (QED) is 0.321. The molecule has 1 aliphatic rings. The highest BCUT2D eigenvalue weighted by atomic mass is 14.7. The van der Waals surface area contributed by atoms with E-state index in [0.717, 1.165) is 17.5 Å². The van der Waals surface area contributed by atoms with Crippen LogP contribution in [-0.2, 0) is 12.8 Å². The van der Waals surface area contributed by atoms with E-state index in [1.165, 1.54) is 107 Å². The highest BCUT2D eigenvalue weighted by Gasteiger charge is 2.19. The number of benzene rings is 1. The highest BCUT2D eigenvalue weighted by molar-refractivity contribution is 5.59. The van der Waals surface area contributed by atoms with E-state index >= 15 is 0 Å². The largest absolute Gasteiger partial charge is 0.256 e. The molecule has 0 atom stereocenters. The summed E-state index contributed by atoms with van der Waals surface area (Å²) in [6, 6.07) is 13.6. The van der Waals surface area contributed by atoms with Gasteiger partial charge in [-0.05, 0) is 54.7 Å². The minimum absolute atomic E-state index is 0.952. The van der Waals surface area contributed by atoms with Crippen molar-refractivity contribution in [3.63, 3.8) is 0 Å². The summed E-state index contributed by atoms with van der Waals surface area (Å²) in [5, 5.41) is 0. The smallest absolute Gasteiger partial charge is 0.0702 e. The normalized spacial score (nSPS) is 19.1. The predicted molar refractivity (Wildman–Crippen MR) is 131 cm³/mol. The molecule has 1 aromatic carbocycles. The molecule has 1 heteroatoms. The van der Waals surface area contributed by atoms with Crippen LogP contribution in [0.15, 0.2) is 42.6 Å². The number of nitrogens with zero attached hydrogens (tertiary/aromatic N) is 1. The fourth-order valence-electron chi connectivity index (χ4n) is 4.99. The Morgan fingerprint density at radius 1 is 0.700 bits per heavy atom. The molecule has 1 fully saturated rings. The van der Waals surface area contributed by atoms with Crippen molar-refractivity contribution < 1.29 is 0 Å². The van der Waals surface area contributed by atoms with Gasteiger partial charge in [0, 0.05) is 11.8 Å². The van der Waals surface area contributed by atoms with Crippen LogP contribution in [0.3, 0.4) is 0 Å². The molecule has 0 saturated heterocycles. The molecule has 0 aliphatic heterocycles. The first-order valence-electron chi connectivity index (χ1n) is 12.8. The Balaban J connectivity index is 1.41. The zero-order valence-corrected chi connectivity index (χ0v) is 19.5. The van der Waals surface area contributed by atoms with Crippen LogP contribution in [0.25, 0.3) is 11.3 Å². The average Bonchev–Trinajstić information content (AvgIpc) is 2.81. The summed E-state index contributed by atoms with van der Waals surface area (Å²) >= 11 is 0. The van der Waals surface area contributed by atoms with E-state index in [9.17, 15) is 0 Å². The summed E-state index contributed by atoms with van der Waals surface area (Å²) in [7, 11) is 0. The lowest BCUT2D eigenvalue weighted by Crippen LogP contribution is -2.14. The van der Waals surface area contributed by atoms with E-state index in [2.05, 4.69) is 56.4 Å². The predicted octanol–water partition coefficient (Wildman–Crippen LogP) is 8.80. The maximum absolute atomic E-state index is 4.74. The highest BCUT2D eigenvalue weighted by Crippen LogP contribution is 2.33. The summed E-state index contributed by atoms with van der Waals surface area (Å²) in [5.74, 6) is 1.96. The number of hydrogen-bond acceptors (Lipinski definition) is 1. The van der Waals surface area contributed by atoms with E-state index in [1.54, 1.807) is 0 Å². The zero-order chi connectivity index (χ0) is 21.0. The van der Waals surface area contributed by atoms with E-state index in [-0.39, 0.29) is 0 Å². The van der Waals surface area contributed by atoms with Crippen LogP contribution in [0.4, 0.5) is 0 Å². The van der Waals surface area contributed by atoms with Gasteiger partial charge in [-0.2, -0.15) is 0 Å². The van der Waals surface area contributed by atoms with Gasteiger partial charge in [0.1, 0.15) is 0 Å². The Kier molecular flexibility index (Phi) is 9.93. The molecule has 0 N–H and O–H groups in total. The lowest BCUT2D eigenvalue weighted by atomic mass is 9.78. The second-order valence-electron chi connectivity index (χ2n) is 9.60. The number of aromatic nitrogens is 1. The van der Waals surface area contributed by atoms with Gasteiger partial charge in [-0.25, -0.2) is 0 Å². The molecular formula is C29H43N. The molecule has 1 aliphatic carbocycles. The van der Waals surface area contributed by atoms with Crippen molar-refractivity contribution in [3.8, 4) is 11.3 Å².